The van der Waals surface area contributed by atoms with Gasteiger partial charge >= 0.3 is 0 Å². The Hall–Kier alpha value is -1.59. The van der Waals surface area contributed by atoms with Crippen LogP contribution in [0.25, 0.3) is 0 Å². The van der Waals surface area contributed by atoms with E-state index in [0.29, 0.717) is 5.76 Å². The second-order valence-electron chi connectivity index (χ2n) is 3.87. The van der Waals surface area contributed by atoms with Crippen LogP contribution in [0.4, 0.5) is 8.78 Å². The van der Waals surface area contributed by atoms with Crippen molar-refractivity contribution in [2.75, 3.05) is 14.2 Å². The predicted octanol–water partition coefficient (Wildman–Crippen LogP) is 3.53. The number of rotatable bonds is 4. The van der Waals surface area contributed by atoms with E-state index in [-0.39, 0.29) is 16.5 Å². The van der Waals surface area contributed by atoms with Gasteiger partial charge in [-0.05, 0) is 30.8 Å². The lowest BCUT2D eigenvalue weighted by molar-refractivity contribution is 0.399. The van der Waals surface area contributed by atoms with Gasteiger partial charge in [0.15, 0.2) is 5.22 Å². The molecule has 19 heavy (non-hydrogen) atoms. The molecular formula is C13H12ClF2NO2. The molecule has 0 saturated heterocycles. The molecule has 2 aromatic rings. The molecule has 3 nitrogen and oxygen atoms in total. The highest BCUT2D eigenvalue weighted by Gasteiger charge is 2.24. The first-order chi connectivity index (χ1) is 9.06. The van der Waals surface area contributed by atoms with E-state index in [2.05, 4.69) is 5.32 Å². The lowest BCUT2D eigenvalue weighted by atomic mass is 10.0. The van der Waals surface area contributed by atoms with Crippen LogP contribution in [0.1, 0.15) is 17.4 Å². The van der Waals surface area contributed by atoms with Crippen LogP contribution in [0.15, 0.2) is 28.7 Å². The molecule has 6 heteroatoms. The van der Waals surface area contributed by atoms with Crippen molar-refractivity contribution >= 4 is 11.6 Å². The summed E-state index contributed by atoms with van der Waals surface area (Å²) >= 11 is 5.67. The topological polar surface area (TPSA) is 34.4 Å². The van der Waals surface area contributed by atoms with E-state index in [1.54, 1.807) is 13.1 Å². The van der Waals surface area contributed by atoms with E-state index in [9.17, 15) is 8.78 Å². The van der Waals surface area contributed by atoms with Crippen LogP contribution in [-0.2, 0) is 0 Å². The zero-order valence-corrected chi connectivity index (χ0v) is 11.1. The van der Waals surface area contributed by atoms with Crippen LogP contribution in [-0.4, -0.2) is 14.2 Å². The molecule has 1 aromatic carbocycles. The smallest absolute Gasteiger partial charge is 0.193 e. The summed E-state index contributed by atoms with van der Waals surface area (Å²) in [6, 6.07) is 4.55. The minimum Gasteiger partial charge on any atom is -0.497 e. The summed E-state index contributed by atoms with van der Waals surface area (Å²) in [5.74, 6) is -0.992. The van der Waals surface area contributed by atoms with Crippen molar-refractivity contribution in [3.63, 3.8) is 0 Å². The van der Waals surface area contributed by atoms with E-state index < -0.39 is 17.7 Å². The molecule has 1 atom stereocenters. The zero-order valence-electron chi connectivity index (χ0n) is 10.3. The number of methoxy groups -OCH3 is 1. The van der Waals surface area contributed by atoms with Crippen LogP contribution >= 0.6 is 11.6 Å². The standard InChI is InChI=1S/C13H12ClF2NO2/c1-17-13(10-3-4-11(14)19-10)12-8(15)5-7(18-2)6-9(12)16/h3-6,13,17H,1-2H3. The van der Waals surface area contributed by atoms with E-state index in [4.69, 9.17) is 20.8 Å². The van der Waals surface area contributed by atoms with Gasteiger partial charge in [0.05, 0.1) is 13.2 Å². The normalized spacial score (nSPS) is 12.5. The Bertz CT molecular complexity index is 563. The van der Waals surface area contributed by atoms with Crippen LogP contribution in [0.5, 0.6) is 5.75 Å². The molecule has 102 valence electrons. The Balaban J connectivity index is 2.49. The fourth-order valence-electron chi connectivity index (χ4n) is 1.87. The van der Waals surface area contributed by atoms with Crippen molar-refractivity contribution in [2.24, 2.45) is 0 Å². The number of hydrogen-bond acceptors (Lipinski definition) is 3. The number of furan rings is 1. The highest BCUT2D eigenvalue weighted by Crippen LogP contribution is 2.31. The molecular weight excluding hydrogens is 276 g/mol. The van der Waals surface area contributed by atoms with Crippen LogP contribution < -0.4 is 10.1 Å². The average molecular weight is 288 g/mol. The van der Waals surface area contributed by atoms with E-state index >= 15 is 0 Å². The number of halogens is 3. The number of nitrogens with one attached hydrogen (secondary N) is 1. The van der Waals surface area contributed by atoms with Crippen LogP contribution in [0.3, 0.4) is 0 Å². The number of ether oxygens (including phenoxy) is 1. The Morgan fingerprint density at radius 1 is 1.26 bits per heavy atom. The summed E-state index contributed by atoms with van der Waals surface area (Å²) in [5, 5.41) is 2.95. The maximum absolute atomic E-state index is 14.0. The third kappa shape index (κ3) is 2.72. The Labute approximate surface area is 114 Å². The van der Waals surface area contributed by atoms with Gasteiger partial charge in [-0.1, -0.05) is 0 Å². The van der Waals surface area contributed by atoms with Crippen molar-refractivity contribution < 1.29 is 17.9 Å². The Kier molecular flexibility index (Phi) is 4.07. The highest BCUT2D eigenvalue weighted by atomic mass is 35.5. The lowest BCUT2D eigenvalue weighted by Gasteiger charge is -2.16. The third-order valence-corrected chi connectivity index (χ3v) is 2.95. The SMILES string of the molecule is CNC(c1ccc(Cl)o1)c1c(F)cc(OC)cc1F. The number of benzene rings is 1. The molecule has 1 unspecified atom stereocenters. The second-order valence-corrected chi connectivity index (χ2v) is 4.24. The average Bonchev–Trinajstić information content (AvgIpc) is 2.79. The number of hydrogen-bond donors (Lipinski definition) is 1. The second kappa shape index (κ2) is 5.59. The minimum atomic E-state index is -0.765. The summed E-state index contributed by atoms with van der Waals surface area (Å²) in [7, 11) is 2.92. The van der Waals surface area contributed by atoms with Gasteiger partial charge in [0.1, 0.15) is 23.1 Å². The van der Waals surface area contributed by atoms with Crippen molar-refractivity contribution in [1.29, 1.82) is 0 Å². The summed E-state index contributed by atoms with van der Waals surface area (Å²) in [5.41, 5.74) is -0.144. The van der Waals surface area contributed by atoms with Crippen LogP contribution in [0, 0.1) is 11.6 Å². The molecule has 0 saturated carbocycles. The summed E-state index contributed by atoms with van der Waals surface area (Å²) < 4.78 is 38.0. The van der Waals surface area contributed by atoms with Gasteiger partial charge < -0.3 is 14.5 Å². The molecule has 0 aliphatic rings. The van der Waals surface area contributed by atoms with Crippen molar-refractivity contribution in [3.8, 4) is 5.75 Å². The monoisotopic (exact) mass is 287 g/mol. The molecule has 0 spiro atoms. The molecule has 2 rings (SSSR count). The zero-order chi connectivity index (χ0) is 14.0. The van der Waals surface area contributed by atoms with Gasteiger partial charge in [-0.25, -0.2) is 8.78 Å². The Morgan fingerprint density at radius 2 is 1.89 bits per heavy atom. The molecule has 1 heterocycles. The van der Waals surface area contributed by atoms with Crippen molar-refractivity contribution in [1.82, 2.24) is 5.32 Å². The summed E-state index contributed by atoms with van der Waals surface area (Å²) in [4.78, 5) is 0. The molecule has 0 fully saturated rings. The molecule has 0 radical (unpaired) electrons. The molecule has 0 aliphatic heterocycles. The van der Waals surface area contributed by atoms with Gasteiger partial charge in [0, 0.05) is 17.7 Å². The highest BCUT2D eigenvalue weighted by molar-refractivity contribution is 6.28. The van der Waals surface area contributed by atoms with E-state index in [1.807, 2.05) is 0 Å². The first-order valence-electron chi connectivity index (χ1n) is 5.52. The van der Waals surface area contributed by atoms with Gasteiger partial charge in [-0.3, -0.25) is 0 Å². The first-order valence-corrected chi connectivity index (χ1v) is 5.90. The fraction of sp³-hybridized carbons (Fsp3) is 0.231. The lowest BCUT2D eigenvalue weighted by Crippen LogP contribution is -2.20. The maximum atomic E-state index is 14.0. The van der Waals surface area contributed by atoms with Crippen molar-refractivity contribution in [2.45, 2.75) is 6.04 Å². The Morgan fingerprint density at radius 3 is 2.32 bits per heavy atom. The summed E-state index contributed by atoms with van der Waals surface area (Å²) in [6.45, 7) is 0. The molecule has 1 N–H and O–H groups in total. The first kappa shape index (κ1) is 13.8. The molecule has 0 bridgehead atoms. The maximum Gasteiger partial charge on any atom is 0.193 e. The van der Waals surface area contributed by atoms with E-state index in [0.717, 1.165) is 12.1 Å². The fourth-order valence-corrected chi connectivity index (χ4v) is 2.02. The third-order valence-electron chi connectivity index (χ3n) is 2.74. The largest absolute Gasteiger partial charge is 0.497 e. The van der Waals surface area contributed by atoms with Gasteiger partial charge in [-0.2, -0.15) is 0 Å². The van der Waals surface area contributed by atoms with Gasteiger partial charge in [0.2, 0.25) is 0 Å². The quantitative estimate of drug-likeness (QED) is 0.934. The molecule has 0 amide bonds. The molecule has 0 aliphatic carbocycles. The van der Waals surface area contributed by atoms with Crippen LogP contribution in [0.2, 0.25) is 5.22 Å². The predicted molar refractivity (Wildman–Crippen MR) is 67.5 cm³/mol. The van der Waals surface area contributed by atoms with Gasteiger partial charge in [0.25, 0.3) is 0 Å². The van der Waals surface area contributed by atoms with Gasteiger partial charge in [-0.15, -0.1) is 0 Å². The summed E-state index contributed by atoms with van der Waals surface area (Å²) in [6.07, 6.45) is 0. The van der Waals surface area contributed by atoms with E-state index in [1.165, 1.54) is 13.2 Å². The molecule has 1 aromatic heterocycles. The minimum absolute atomic E-state index is 0.117. The van der Waals surface area contributed by atoms with Crippen molar-refractivity contribution in [3.05, 3.63) is 52.4 Å².